The highest BCUT2D eigenvalue weighted by Gasteiger charge is 2.27. The molecule has 0 bridgehead atoms. The van der Waals surface area contributed by atoms with Crippen LogP contribution < -0.4 is 16.6 Å². The maximum absolute atomic E-state index is 12.6. The fraction of sp³-hybridized carbons (Fsp3) is 0.267. The first-order valence-corrected chi connectivity index (χ1v) is 9.05. The van der Waals surface area contributed by atoms with Crippen molar-refractivity contribution in [3.8, 4) is 0 Å². The fourth-order valence-electron chi connectivity index (χ4n) is 2.60. The third kappa shape index (κ3) is 3.69. The minimum absolute atomic E-state index is 0.0756. The van der Waals surface area contributed by atoms with Crippen LogP contribution in [0, 0.1) is 0 Å². The third-order valence-corrected chi connectivity index (χ3v) is 5.69. The standard InChI is InChI=1S/C15H16N4O5S/c20-13-9-12(17-15(22)18-13)14(21)16-10-4-3-5-11(8-10)25(23,24)19-6-1-2-7-19/h3-5,8-9H,1-2,6-7H2,(H,16,21)(H2,17,18,20,22). The average molecular weight is 364 g/mol. The second-order valence-electron chi connectivity index (χ2n) is 5.59. The molecule has 0 spiro atoms. The summed E-state index contributed by atoms with van der Waals surface area (Å²) in [5.41, 5.74) is -1.49. The van der Waals surface area contributed by atoms with Crippen LogP contribution in [0.15, 0.2) is 44.8 Å². The highest BCUT2D eigenvalue weighted by Crippen LogP contribution is 2.23. The predicted octanol–water partition coefficient (Wildman–Crippen LogP) is 0.100. The van der Waals surface area contributed by atoms with Crippen molar-refractivity contribution in [2.45, 2.75) is 17.7 Å². The van der Waals surface area contributed by atoms with Gasteiger partial charge in [-0.3, -0.25) is 14.6 Å². The van der Waals surface area contributed by atoms with Crippen molar-refractivity contribution in [3.05, 3.63) is 56.9 Å². The zero-order valence-electron chi connectivity index (χ0n) is 13.1. The van der Waals surface area contributed by atoms with Gasteiger partial charge in [0.2, 0.25) is 10.0 Å². The van der Waals surface area contributed by atoms with Crippen LogP contribution in [0.1, 0.15) is 23.3 Å². The third-order valence-electron chi connectivity index (χ3n) is 3.80. The monoisotopic (exact) mass is 364 g/mol. The molecule has 132 valence electrons. The van der Waals surface area contributed by atoms with Gasteiger partial charge in [0.1, 0.15) is 5.69 Å². The summed E-state index contributed by atoms with van der Waals surface area (Å²) in [5, 5.41) is 2.47. The number of H-pyrrole nitrogens is 2. The van der Waals surface area contributed by atoms with Gasteiger partial charge in [0.15, 0.2) is 0 Å². The van der Waals surface area contributed by atoms with Crippen molar-refractivity contribution in [1.29, 1.82) is 0 Å². The van der Waals surface area contributed by atoms with Crippen LogP contribution in [0.4, 0.5) is 5.69 Å². The summed E-state index contributed by atoms with van der Waals surface area (Å²) in [6.07, 6.45) is 1.65. The van der Waals surface area contributed by atoms with E-state index in [0.29, 0.717) is 13.1 Å². The Balaban J connectivity index is 1.85. The second-order valence-corrected chi connectivity index (χ2v) is 7.53. The van der Waals surface area contributed by atoms with Gasteiger partial charge in [0, 0.05) is 24.8 Å². The van der Waals surface area contributed by atoms with Crippen LogP contribution in [0.3, 0.4) is 0 Å². The highest BCUT2D eigenvalue weighted by atomic mass is 32.2. The smallest absolute Gasteiger partial charge is 0.321 e. The first-order valence-electron chi connectivity index (χ1n) is 7.61. The number of hydrogen-bond donors (Lipinski definition) is 3. The van der Waals surface area contributed by atoms with Crippen molar-refractivity contribution < 1.29 is 13.2 Å². The molecular formula is C15H16N4O5S. The number of carbonyl (C=O) groups is 1. The first-order chi connectivity index (χ1) is 11.9. The Morgan fingerprint density at radius 3 is 2.48 bits per heavy atom. The van der Waals surface area contributed by atoms with Gasteiger partial charge < -0.3 is 10.3 Å². The lowest BCUT2D eigenvalue weighted by molar-refractivity contribution is 0.102. The minimum atomic E-state index is -3.61. The van der Waals surface area contributed by atoms with E-state index in [0.717, 1.165) is 18.9 Å². The van der Waals surface area contributed by atoms with E-state index in [1.54, 1.807) is 0 Å². The SMILES string of the molecule is O=C(Nc1cccc(S(=O)(=O)N2CCCC2)c1)c1cc(=O)[nH]c(=O)[nH]1. The maximum atomic E-state index is 12.6. The van der Waals surface area contributed by atoms with Gasteiger partial charge >= 0.3 is 5.69 Å². The van der Waals surface area contributed by atoms with E-state index in [1.807, 2.05) is 4.98 Å². The molecule has 1 aliphatic heterocycles. The molecule has 3 rings (SSSR count). The number of hydrogen-bond acceptors (Lipinski definition) is 5. The molecule has 0 unspecified atom stereocenters. The molecule has 1 saturated heterocycles. The molecule has 2 aromatic rings. The van der Waals surface area contributed by atoms with Crippen molar-refractivity contribution in [2.24, 2.45) is 0 Å². The van der Waals surface area contributed by atoms with E-state index < -0.39 is 27.2 Å². The topological polar surface area (TPSA) is 132 Å². The highest BCUT2D eigenvalue weighted by molar-refractivity contribution is 7.89. The molecule has 0 aliphatic carbocycles. The van der Waals surface area contributed by atoms with Gasteiger partial charge in [-0.05, 0) is 31.0 Å². The van der Waals surface area contributed by atoms with E-state index in [1.165, 1.54) is 28.6 Å². The lowest BCUT2D eigenvalue weighted by Crippen LogP contribution is -2.28. The first kappa shape index (κ1) is 17.1. The van der Waals surface area contributed by atoms with Gasteiger partial charge in [0.25, 0.3) is 11.5 Å². The van der Waals surface area contributed by atoms with Gasteiger partial charge in [-0.15, -0.1) is 0 Å². The van der Waals surface area contributed by atoms with Crippen molar-refractivity contribution in [3.63, 3.8) is 0 Å². The number of nitrogens with zero attached hydrogens (tertiary/aromatic N) is 1. The number of anilines is 1. The number of benzene rings is 1. The van der Waals surface area contributed by atoms with Crippen LogP contribution in [-0.4, -0.2) is 41.7 Å². The largest absolute Gasteiger partial charge is 0.326 e. The van der Waals surface area contributed by atoms with Crippen LogP contribution in [0.25, 0.3) is 0 Å². The fourth-order valence-corrected chi connectivity index (χ4v) is 4.16. The molecule has 1 amide bonds. The lowest BCUT2D eigenvalue weighted by atomic mass is 10.3. The summed E-state index contributed by atoms with van der Waals surface area (Å²) >= 11 is 0. The Labute approximate surface area is 142 Å². The zero-order chi connectivity index (χ0) is 18.0. The molecule has 9 nitrogen and oxygen atoms in total. The van der Waals surface area contributed by atoms with E-state index in [-0.39, 0.29) is 16.3 Å². The van der Waals surface area contributed by atoms with E-state index in [9.17, 15) is 22.8 Å². The second kappa shape index (κ2) is 6.65. The number of aromatic nitrogens is 2. The molecule has 25 heavy (non-hydrogen) atoms. The number of carbonyl (C=O) groups excluding carboxylic acids is 1. The van der Waals surface area contributed by atoms with Crippen LogP contribution in [0.5, 0.6) is 0 Å². The Morgan fingerprint density at radius 1 is 1.08 bits per heavy atom. The van der Waals surface area contributed by atoms with Gasteiger partial charge in [0.05, 0.1) is 4.90 Å². The number of sulfonamides is 1. The molecule has 1 fully saturated rings. The van der Waals surface area contributed by atoms with Crippen LogP contribution in [-0.2, 0) is 10.0 Å². The van der Waals surface area contributed by atoms with E-state index in [2.05, 4.69) is 10.3 Å². The predicted molar refractivity (Wildman–Crippen MR) is 90.1 cm³/mol. The quantitative estimate of drug-likeness (QED) is 0.708. The molecule has 3 N–H and O–H groups in total. The summed E-state index contributed by atoms with van der Waals surface area (Å²) in [5.74, 6) is -0.723. The Hall–Kier alpha value is -2.72. The Morgan fingerprint density at radius 2 is 1.80 bits per heavy atom. The number of rotatable bonds is 4. The van der Waals surface area contributed by atoms with E-state index in [4.69, 9.17) is 0 Å². The summed E-state index contributed by atoms with van der Waals surface area (Å²) in [6.45, 7) is 0.958. The zero-order valence-corrected chi connectivity index (χ0v) is 13.9. The normalized spacial score (nSPS) is 15.2. The molecule has 0 saturated carbocycles. The maximum Gasteiger partial charge on any atom is 0.326 e. The molecular weight excluding hydrogens is 348 g/mol. The van der Waals surface area contributed by atoms with Crippen molar-refractivity contribution in [1.82, 2.24) is 14.3 Å². The van der Waals surface area contributed by atoms with Gasteiger partial charge in [-0.1, -0.05) is 6.07 Å². The summed E-state index contributed by atoms with van der Waals surface area (Å²) in [6, 6.07) is 6.78. The lowest BCUT2D eigenvalue weighted by Gasteiger charge is -2.16. The van der Waals surface area contributed by atoms with Gasteiger partial charge in [-0.25, -0.2) is 13.2 Å². The number of nitrogens with one attached hydrogen (secondary N) is 3. The number of aromatic amines is 2. The molecule has 0 radical (unpaired) electrons. The van der Waals surface area contributed by atoms with Crippen LogP contribution >= 0.6 is 0 Å². The van der Waals surface area contributed by atoms with Gasteiger partial charge in [-0.2, -0.15) is 4.31 Å². The molecule has 1 aromatic heterocycles. The Kier molecular flexibility index (Phi) is 4.55. The minimum Gasteiger partial charge on any atom is -0.321 e. The Bertz CT molecular complexity index is 990. The molecule has 10 heteroatoms. The van der Waals surface area contributed by atoms with Crippen molar-refractivity contribution >= 4 is 21.6 Å². The summed E-state index contributed by atoms with van der Waals surface area (Å²) in [4.78, 5) is 38.9. The van der Waals surface area contributed by atoms with Crippen LogP contribution in [0.2, 0.25) is 0 Å². The molecule has 1 aliphatic rings. The summed E-state index contributed by atoms with van der Waals surface area (Å²) < 4.78 is 26.5. The number of amides is 1. The van der Waals surface area contributed by atoms with Crippen molar-refractivity contribution in [2.75, 3.05) is 18.4 Å². The molecule has 2 heterocycles. The molecule has 1 aromatic carbocycles. The average Bonchev–Trinajstić information content (AvgIpc) is 3.09. The molecule has 0 atom stereocenters. The van der Waals surface area contributed by atoms with E-state index >= 15 is 0 Å². The summed E-state index contributed by atoms with van der Waals surface area (Å²) in [7, 11) is -3.61.